The second-order valence-electron chi connectivity index (χ2n) is 5.44. The van der Waals surface area contributed by atoms with Crippen LogP contribution in [-0.2, 0) is 0 Å². The van der Waals surface area contributed by atoms with E-state index in [1.807, 2.05) is 0 Å². The number of unbranched alkanes of at least 4 members (excludes halogenated alkanes) is 2. The van der Waals surface area contributed by atoms with Gasteiger partial charge in [0.1, 0.15) is 0 Å². The van der Waals surface area contributed by atoms with Crippen molar-refractivity contribution in [2.24, 2.45) is 0 Å². The Labute approximate surface area is 119 Å². The van der Waals surface area contributed by atoms with E-state index in [1.54, 1.807) is 0 Å². The molecule has 0 amide bonds. The normalized spacial score (nSPS) is 12.9. The fraction of sp³-hybridized carbons (Fsp3) is 0.647. The quantitative estimate of drug-likeness (QED) is 0.682. The van der Waals surface area contributed by atoms with Crippen LogP contribution in [0.25, 0.3) is 0 Å². The van der Waals surface area contributed by atoms with Gasteiger partial charge in [-0.25, -0.2) is 0 Å². The third-order valence-corrected chi connectivity index (χ3v) is 3.65. The van der Waals surface area contributed by atoms with Gasteiger partial charge in [-0.3, -0.25) is 0 Å². The average Bonchev–Trinajstić information content (AvgIpc) is 2.39. The third kappa shape index (κ3) is 5.75. The van der Waals surface area contributed by atoms with Crippen LogP contribution in [-0.4, -0.2) is 31.6 Å². The summed E-state index contributed by atoms with van der Waals surface area (Å²) in [5, 5.41) is 3.62. The lowest BCUT2D eigenvalue weighted by molar-refractivity contribution is 0.286. The van der Waals surface area contributed by atoms with Crippen molar-refractivity contribution < 1.29 is 0 Å². The van der Waals surface area contributed by atoms with Gasteiger partial charge in [0, 0.05) is 12.6 Å². The van der Waals surface area contributed by atoms with Gasteiger partial charge in [-0.2, -0.15) is 0 Å². The van der Waals surface area contributed by atoms with Gasteiger partial charge < -0.3 is 10.2 Å². The summed E-state index contributed by atoms with van der Waals surface area (Å²) in [6.07, 6.45) is 3.93. The van der Waals surface area contributed by atoms with Crippen molar-refractivity contribution in [3.63, 3.8) is 0 Å². The van der Waals surface area contributed by atoms with Crippen molar-refractivity contribution in [1.82, 2.24) is 10.2 Å². The molecule has 0 aliphatic carbocycles. The van der Waals surface area contributed by atoms with E-state index in [9.17, 15) is 0 Å². The Hall–Kier alpha value is -0.860. The molecule has 0 heterocycles. The third-order valence-electron chi connectivity index (χ3n) is 3.65. The summed E-state index contributed by atoms with van der Waals surface area (Å²) in [4.78, 5) is 2.45. The molecule has 0 fully saturated rings. The maximum Gasteiger partial charge on any atom is 0.0451 e. The zero-order valence-electron chi connectivity index (χ0n) is 13.1. The highest BCUT2D eigenvalue weighted by molar-refractivity contribution is 5.29. The van der Waals surface area contributed by atoms with Crippen molar-refractivity contribution >= 4 is 0 Å². The minimum atomic E-state index is 0.442. The lowest BCUT2D eigenvalue weighted by Crippen LogP contribution is -2.34. The number of rotatable bonds is 9. The summed E-state index contributed by atoms with van der Waals surface area (Å²) in [7, 11) is 2.23. The van der Waals surface area contributed by atoms with E-state index in [4.69, 9.17) is 0 Å². The number of benzene rings is 1. The van der Waals surface area contributed by atoms with Crippen LogP contribution in [0.5, 0.6) is 0 Å². The molecule has 0 bridgehead atoms. The van der Waals surface area contributed by atoms with E-state index in [0.29, 0.717) is 6.04 Å². The summed E-state index contributed by atoms with van der Waals surface area (Å²) < 4.78 is 0. The summed E-state index contributed by atoms with van der Waals surface area (Å²) in [6.45, 7) is 9.94. The predicted molar refractivity (Wildman–Crippen MR) is 84.6 cm³/mol. The van der Waals surface area contributed by atoms with Gasteiger partial charge in [-0.05, 0) is 44.6 Å². The lowest BCUT2D eigenvalue weighted by atomic mass is 10.0. The Morgan fingerprint density at radius 3 is 2.53 bits per heavy atom. The second kappa shape index (κ2) is 9.11. The van der Waals surface area contributed by atoms with Gasteiger partial charge >= 0.3 is 0 Å². The second-order valence-corrected chi connectivity index (χ2v) is 5.44. The fourth-order valence-corrected chi connectivity index (χ4v) is 2.53. The first-order valence-electron chi connectivity index (χ1n) is 7.66. The van der Waals surface area contributed by atoms with Gasteiger partial charge in [0.2, 0.25) is 0 Å². The maximum atomic E-state index is 3.62. The number of nitrogens with one attached hydrogen (secondary N) is 1. The number of likely N-dealkylation sites (N-methyl/N-ethyl adjacent to an activating group) is 2. The molecule has 0 saturated carbocycles. The molecule has 0 spiro atoms. The van der Waals surface area contributed by atoms with Crippen molar-refractivity contribution in [2.75, 3.05) is 26.7 Å². The molecular weight excluding hydrogens is 232 g/mol. The molecule has 2 nitrogen and oxygen atoms in total. The van der Waals surface area contributed by atoms with E-state index in [0.717, 1.165) is 13.1 Å². The number of hydrogen-bond donors (Lipinski definition) is 1. The minimum Gasteiger partial charge on any atom is -0.309 e. The largest absolute Gasteiger partial charge is 0.309 e. The molecule has 2 heteroatoms. The van der Waals surface area contributed by atoms with Crippen LogP contribution >= 0.6 is 0 Å². The molecular formula is C17H30N2. The topological polar surface area (TPSA) is 15.3 Å². The molecule has 1 aromatic rings. The smallest absolute Gasteiger partial charge is 0.0451 e. The zero-order valence-corrected chi connectivity index (χ0v) is 13.1. The van der Waals surface area contributed by atoms with E-state index in [2.05, 4.69) is 62.3 Å². The standard InChI is InChI=1S/C17H30N2/c1-5-7-10-13-19(4)14-17(18-6-2)16-12-9-8-11-15(16)3/h8-9,11-12,17-18H,5-7,10,13-14H2,1-4H3. The summed E-state index contributed by atoms with van der Waals surface area (Å²) >= 11 is 0. The van der Waals surface area contributed by atoms with Gasteiger partial charge in [0.25, 0.3) is 0 Å². The van der Waals surface area contributed by atoms with Crippen LogP contribution in [0.15, 0.2) is 24.3 Å². The Kier molecular flexibility index (Phi) is 7.76. The van der Waals surface area contributed by atoms with Crippen molar-refractivity contribution in [3.05, 3.63) is 35.4 Å². The highest BCUT2D eigenvalue weighted by Crippen LogP contribution is 2.18. The first kappa shape index (κ1) is 16.2. The SMILES string of the molecule is CCCCCN(C)CC(NCC)c1ccccc1C. The predicted octanol–water partition coefficient (Wildman–Crippen LogP) is 3.77. The molecule has 1 atom stereocenters. The molecule has 0 aliphatic rings. The zero-order chi connectivity index (χ0) is 14.1. The van der Waals surface area contributed by atoms with Crippen LogP contribution in [0.2, 0.25) is 0 Å². The molecule has 1 rings (SSSR count). The van der Waals surface area contributed by atoms with E-state index >= 15 is 0 Å². The molecule has 0 aliphatic heterocycles. The summed E-state index contributed by atoms with van der Waals surface area (Å²) in [5.41, 5.74) is 2.82. The van der Waals surface area contributed by atoms with Crippen LogP contribution in [0.1, 0.15) is 50.3 Å². The lowest BCUT2D eigenvalue weighted by Gasteiger charge is -2.26. The first-order chi connectivity index (χ1) is 9.19. The van der Waals surface area contributed by atoms with Crippen LogP contribution in [0, 0.1) is 6.92 Å². The Bertz CT molecular complexity index is 349. The van der Waals surface area contributed by atoms with Gasteiger partial charge in [0.05, 0.1) is 0 Å². The van der Waals surface area contributed by atoms with E-state index in [1.165, 1.54) is 36.9 Å². The number of nitrogens with zero attached hydrogens (tertiary/aromatic N) is 1. The molecule has 1 unspecified atom stereocenters. The molecule has 19 heavy (non-hydrogen) atoms. The van der Waals surface area contributed by atoms with E-state index in [-0.39, 0.29) is 0 Å². The molecule has 1 aromatic carbocycles. The Morgan fingerprint density at radius 2 is 1.89 bits per heavy atom. The van der Waals surface area contributed by atoms with Gasteiger partial charge in [0.15, 0.2) is 0 Å². The van der Waals surface area contributed by atoms with Crippen molar-refractivity contribution in [3.8, 4) is 0 Å². The number of hydrogen-bond acceptors (Lipinski definition) is 2. The van der Waals surface area contributed by atoms with Crippen molar-refractivity contribution in [2.45, 2.75) is 46.1 Å². The average molecular weight is 262 g/mol. The van der Waals surface area contributed by atoms with Gasteiger partial charge in [-0.1, -0.05) is 51.0 Å². The van der Waals surface area contributed by atoms with Crippen LogP contribution < -0.4 is 5.32 Å². The monoisotopic (exact) mass is 262 g/mol. The summed E-state index contributed by atoms with van der Waals surface area (Å²) in [5.74, 6) is 0. The van der Waals surface area contributed by atoms with Crippen LogP contribution in [0.3, 0.4) is 0 Å². The molecule has 0 aromatic heterocycles. The van der Waals surface area contributed by atoms with Crippen molar-refractivity contribution in [1.29, 1.82) is 0 Å². The molecule has 0 saturated heterocycles. The van der Waals surface area contributed by atoms with Gasteiger partial charge in [-0.15, -0.1) is 0 Å². The highest BCUT2D eigenvalue weighted by Gasteiger charge is 2.14. The Morgan fingerprint density at radius 1 is 1.16 bits per heavy atom. The maximum absolute atomic E-state index is 3.62. The van der Waals surface area contributed by atoms with Crippen LogP contribution in [0.4, 0.5) is 0 Å². The molecule has 0 radical (unpaired) electrons. The summed E-state index contributed by atoms with van der Waals surface area (Å²) in [6, 6.07) is 9.16. The minimum absolute atomic E-state index is 0.442. The van der Waals surface area contributed by atoms with E-state index < -0.39 is 0 Å². The first-order valence-corrected chi connectivity index (χ1v) is 7.66. The molecule has 1 N–H and O–H groups in total. The highest BCUT2D eigenvalue weighted by atomic mass is 15.1. The number of aryl methyl sites for hydroxylation is 1. The Balaban J connectivity index is 2.60. The molecule has 108 valence electrons. The fourth-order valence-electron chi connectivity index (χ4n) is 2.53.